The number of rotatable bonds is 6. The summed E-state index contributed by atoms with van der Waals surface area (Å²) in [5, 5.41) is 2.61. The van der Waals surface area contributed by atoms with Crippen LogP contribution in [0.4, 0.5) is 0 Å². The Morgan fingerprint density at radius 1 is 1.23 bits per heavy atom. The zero-order chi connectivity index (χ0) is 22.0. The molecular weight excluding hydrogens is 432 g/mol. The van der Waals surface area contributed by atoms with Crippen molar-refractivity contribution in [3.8, 4) is 0 Å². The molecule has 2 aliphatic rings. The Morgan fingerprint density at radius 2 is 1.93 bits per heavy atom. The van der Waals surface area contributed by atoms with Crippen molar-refractivity contribution in [1.82, 2.24) is 9.62 Å². The monoisotopic (exact) mass is 458 g/mol. The highest BCUT2D eigenvalue weighted by Crippen LogP contribution is 2.26. The second-order valence-corrected chi connectivity index (χ2v) is 12.1. The normalized spacial score (nSPS) is 26.8. The van der Waals surface area contributed by atoms with E-state index in [1.54, 1.807) is 25.1 Å². The zero-order valence-electron chi connectivity index (χ0n) is 16.7. The number of nitrogens with one attached hydrogen (secondary N) is 1. The first-order valence-electron chi connectivity index (χ1n) is 9.77. The van der Waals surface area contributed by atoms with E-state index in [0.717, 1.165) is 4.31 Å². The van der Waals surface area contributed by atoms with Crippen LogP contribution in [0.5, 0.6) is 0 Å². The summed E-state index contributed by atoms with van der Waals surface area (Å²) in [4.78, 5) is 24.9. The largest absolute Gasteiger partial charge is 0.454 e. The van der Waals surface area contributed by atoms with E-state index in [2.05, 4.69) is 5.32 Å². The molecule has 166 valence electrons. The highest BCUT2D eigenvalue weighted by molar-refractivity contribution is 7.91. The van der Waals surface area contributed by atoms with E-state index >= 15 is 0 Å². The Kier molecular flexibility index (Phi) is 6.54. The van der Waals surface area contributed by atoms with Crippen LogP contribution in [-0.4, -0.2) is 69.3 Å². The molecule has 9 nitrogen and oxygen atoms in total. The van der Waals surface area contributed by atoms with E-state index in [1.165, 1.54) is 12.1 Å². The summed E-state index contributed by atoms with van der Waals surface area (Å²) in [5.41, 5.74) is -0.893. The van der Waals surface area contributed by atoms with Gasteiger partial charge < -0.3 is 10.1 Å². The van der Waals surface area contributed by atoms with Crippen LogP contribution in [0.15, 0.2) is 35.2 Å². The number of carbonyl (C=O) groups is 2. The van der Waals surface area contributed by atoms with Gasteiger partial charge in [-0.1, -0.05) is 18.2 Å². The number of sulfonamides is 1. The lowest BCUT2D eigenvalue weighted by molar-refractivity contribution is -0.153. The Labute approximate surface area is 176 Å². The Morgan fingerprint density at radius 3 is 2.57 bits per heavy atom. The number of amides is 1. The summed E-state index contributed by atoms with van der Waals surface area (Å²) in [5.74, 6) is -1.56. The number of hydrogen-bond acceptors (Lipinski definition) is 7. The number of piperidine rings is 1. The van der Waals surface area contributed by atoms with E-state index in [4.69, 9.17) is 4.74 Å². The molecule has 2 saturated heterocycles. The number of sulfone groups is 1. The summed E-state index contributed by atoms with van der Waals surface area (Å²) in [6.07, 6.45) is 1.90. The number of carbonyl (C=O) groups excluding carboxylic acids is 2. The van der Waals surface area contributed by atoms with Crippen LogP contribution in [0.1, 0.15) is 32.6 Å². The molecule has 3 rings (SSSR count). The fourth-order valence-electron chi connectivity index (χ4n) is 3.87. The highest BCUT2D eigenvalue weighted by atomic mass is 32.2. The summed E-state index contributed by atoms with van der Waals surface area (Å²) in [7, 11) is -7.06. The van der Waals surface area contributed by atoms with Gasteiger partial charge in [0.05, 0.1) is 21.9 Å². The van der Waals surface area contributed by atoms with Crippen LogP contribution in [0.3, 0.4) is 0 Å². The van der Waals surface area contributed by atoms with Gasteiger partial charge in [-0.05, 0) is 44.7 Å². The average molecular weight is 459 g/mol. The molecule has 2 fully saturated rings. The molecule has 2 atom stereocenters. The van der Waals surface area contributed by atoms with Gasteiger partial charge in [0.15, 0.2) is 16.4 Å². The minimum Gasteiger partial charge on any atom is -0.454 e. The molecule has 1 aromatic carbocycles. The second kappa shape index (κ2) is 8.64. The second-order valence-electron chi connectivity index (χ2n) is 8.00. The Hall–Kier alpha value is -1.98. The SMILES string of the molecule is C[C@]1(NC(=O)COC(=O)[C@@H]2CCCCN2S(=O)(=O)c2ccccc2)CCS(=O)(=O)C1. The van der Waals surface area contributed by atoms with Crippen LogP contribution in [0, 0.1) is 0 Å². The van der Waals surface area contributed by atoms with Gasteiger partial charge in [0.25, 0.3) is 5.91 Å². The Balaban J connectivity index is 1.63. The van der Waals surface area contributed by atoms with Crippen molar-refractivity contribution >= 4 is 31.7 Å². The molecular formula is C19H26N2O7S2. The topological polar surface area (TPSA) is 127 Å². The first-order chi connectivity index (χ1) is 14.0. The van der Waals surface area contributed by atoms with Crippen LogP contribution in [0.2, 0.25) is 0 Å². The van der Waals surface area contributed by atoms with Crippen molar-refractivity contribution < 1.29 is 31.2 Å². The van der Waals surface area contributed by atoms with E-state index in [1.807, 2.05) is 0 Å². The van der Waals surface area contributed by atoms with Gasteiger partial charge in [0.1, 0.15) is 6.04 Å². The van der Waals surface area contributed by atoms with Gasteiger partial charge >= 0.3 is 5.97 Å². The lowest BCUT2D eigenvalue weighted by atomic mass is 10.0. The van der Waals surface area contributed by atoms with Crippen molar-refractivity contribution in [3.05, 3.63) is 30.3 Å². The highest BCUT2D eigenvalue weighted by Gasteiger charge is 2.41. The van der Waals surface area contributed by atoms with Gasteiger partial charge in [-0.3, -0.25) is 9.59 Å². The molecule has 1 amide bonds. The summed E-state index contributed by atoms with van der Waals surface area (Å²) >= 11 is 0. The lowest BCUT2D eigenvalue weighted by Gasteiger charge is -2.33. The quantitative estimate of drug-likeness (QED) is 0.614. The number of ether oxygens (including phenoxy) is 1. The minimum atomic E-state index is -3.87. The summed E-state index contributed by atoms with van der Waals surface area (Å²) in [6, 6.07) is 6.86. The molecule has 1 N–H and O–H groups in total. The number of hydrogen-bond donors (Lipinski definition) is 1. The summed E-state index contributed by atoms with van der Waals surface area (Å²) in [6.45, 7) is 1.23. The minimum absolute atomic E-state index is 0.00204. The third kappa shape index (κ3) is 5.19. The molecule has 2 heterocycles. The van der Waals surface area contributed by atoms with E-state index in [0.29, 0.717) is 25.7 Å². The first kappa shape index (κ1) is 22.7. The van der Waals surface area contributed by atoms with E-state index in [-0.39, 0.29) is 22.9 Å². The molecule has 0 spiro atoms. The maximum atomic E-state index is 13.0. The lowest BCUT2D eigenvalue weighted by Crippen LogP contribution is -2.50. The zero-order valence-corrected chi connectivity index (χ0v) is 18.4. The van der Waals surface area contributed by atoms with E-state index < -0.39 is 49.9 Å². The fourth-order valence-corrected chi connectivity index (χ4v) is 7.63. The molecule has 0 aromatic heterocycles. The molecule has 30 heavy (non-hydrogen) atoms. The molecule has 1 aromatic rings. The number of benzene rings is 1. The van der Waals surface area contributed by atoms with Crippen LogP contribution in [-0.2, 0) is 34.2 Å². The summed E-state index contributed by atoms with van der Waals surface area (Å²) < 4.78 is 55.4. The molecule has 11 heteroatoms. The predicted octanol–water partition coefficient (Wildman–Crippen LogP) is 0.466. The molecule has 0 aliphatic carbocycles. The standard InChI is InChI=1S/C19H26N2O7S2/c1-19(10-12-29(24,25)14-19)20-17(22)13-28-18(23)16-9-5-6-11-21(16)30(26,27)15-7-3-2-4-8-15/h2-4,7-8,16H,5-6,9-14H2,1H3,(H,20,22)/t16-,19-/m0/s1. The third-order valence-electron chi connectivity index (χ3n) is 5.37. The fraction of sp³-hybridized carbons (Fsp3) is 0.579. The van der Waals surface area contributed by atoms with Crippen LogP contribution >= 0.6 is 0 Å². The number of esters is 1. The van der Waals surface area contributed by atoms with Gasteiger partial charge in [0.2, 0.25) is 10.0 Å². The van der Waals surface area contributed by atoms with Crippen LogP contribution in [0.25, 0.3) is 0 Å². The molecule has 0 bridgehead atoms. The third-order valence-corrected chi connectivity index (χ3v) is 9.19. The molecule has 0 saturated carbocycles. The van der Waals surface area contributed by atoms with Crippen molar-refractivity contribution in [2.75, 3.05) is 24.7 Å². The Bertz CT molecular complexity index is 1010. The van der Waals surface area contributed by atoms with Crippen LogP contribution < -0.4 is 5.32 Å². The van der Waals surface area contributed by atoms with Crippen molar-refractivity contribution in [2.24, 2.45) is 0 Å². The van der Waals surface area contributed by atoms with Gasteiger partial charge in [-0.2, -0.15) is 4.31 Å². The first-order valence-corrected chi connectivity index (χ1v) is 13.0. The average Bonchev–Trinajstić information content (AvgIpc) is 2.99. The van der Waals surface area contributed by atoms with Gasteiger partial charge in [0, 0.05) is 6.54 Å². The molecule has 0 radical (unpaired) electrons. The van der Waals surface area contributed by atoms with Gasteiger partial charge in [-0.15, -0.1) is 0 Å². The maximum Gasteiger partial charge on any atom is 0.324 e. The van der Waals surface area contributed by atoms with Crippen molar-refractivity contribution in [2.45, 2.75) is 49.1 Å². The van der Waals surface area contributed by atoms with Crippen molar-refractivity contribution in [1.29, 1.82) is 0 Å². The molecule has 0 unspecified atom stereocenters. The van der Waals surface area contributed by atoms with Crippen molar-refractivity contribution in [3.63, 3.8) is 0 Å². The molecule has 2 aliphatic heterocycles. The van der Waals surface area contributed by atoms with Gasteiger partial charge in [-0.25, -0.2) is 16.8 Å². The number of nitrogens with zero attached hydrogens (tertiary/aromatic N) is 1. The smallest absolute Gasteiger partial charge is 0.324 e. The maximum absolute atomic E-state index is 13.0. The van der Waals surface area contributed by atoms with E-state index in [9.17, 15) is 26.4 Å². The predicted molar refractivity (Wildman–Crippen MR) is 109 cm³/mol.